The Kier molecular flexibility index (Phi) is 5.17. The van der Waals surface area contributed by atoms with Gasteiger partial charge in [0.1, 0.15) is 17.3 Å². The summed E-state index contributed by atoms with van der Waals surface area (Å²) in [5.41, 5.74) is 0.318. The molecule has 92 valence electrons. The molecule has 0 fully saturated rings. The second-order valence-corrected chi connectivity index (χ2v) is 3.80. The predicted molar refractivity (Wildman–Crippen MR) is 64.0 cm³/mol. The molecule has 0 aliphatic rings. The Morgan fingerprint density at radius 2 is 1.94 bits per heavy atom. The molecule has 0 amide bonds. The molecule has 1 aromatic rings. The molecule has 0 spiro atoms. The van der Waals surface area contributed by atoms with Crippen molar-refractivity contribution in [2.75, 3.05) is 18.0 Å². The molecule has 0 aliphatic heterocycles. The van der Waals surface area contributed by atoms with Gasteiger partial charge < -0.3 is 4.90 Å². The van der Waals surface area contributed by atoms with Gasteiger partial charge in [-0.05, 0) is 24.6 Å². The van der Waals surface area contributed by atoms with Crippen molar-refractivity contribution in [1.29, 1.82) is 5.26 Å². The van der Waals surface area contributed by atoms with Gasteiger partial charge in [0.05, 0.1) is 12.5 Å². The van der Waals surface area contributed by atoms with E-state index in [4.69, 9.17) is 16.9 Å². The van der Waals surface area contributed by atoms with Crippen LogP contribution in [0.2, 0.25) is 0 Å². The van der Waals surface area contributed by atoms with E-state index in [1.807, 2.05) is 6.07 Å². The van der Waals surface area contributed by atoms with Gasteiger partial charge in [-0.25, -0.2) is 8.78 Å². The lowest BCUT2D eigenvalue weighted by Gasteiger charge is -2.23. The maximum atomic E-state index is 13.7. The van der Waals surface area contributed by atoms with Gasteiger partial charge >= 0.3 is 0 Å². The Balaban J connectivity index is 3.07. The summed E-state index contributed by atoms with van der Waals surface area (Å²) in [5, 5.41) is 8.50. The summed E-state index contributed by atoms with van der Waals surface area (Å²) in [6, 6.07) is 4.40. The van der Waals surface area contributed by atoms with Crippen LogP contribution in [0.1, 0.15) is 18.9 Å². The summed E-state index contributed by atoms with van der Waals surface area (Å²) in [6.45, 7) is 2.53. The Morgan fingerprint density at radius 1 is 1.35 bits per heavy atom. The summed E-state index contributed by atoms with van der Waals surface area (Å²) in [5.74, 6) is -1.21. The van der Waals surface area contributed by atoms with Crippen molar-refractivity contribution in [2.24, 2.45) is 0 Å². The average Bonchev–Trinajstić information content (AvgIpc) is 2.32. The zero-order chi connectivity index (χ0) is 12.8. The van der Waals surface area contributed by atoms with E-state index in [2.05, 4.69) is 0 Å². The van der Waals surface area contributed by atoms with Crippen molar-refractivity contribution in [3.63, 3.8) is 0 Å². The number of halogens is 3. The van der Waals surface area contributed by atoms with Crippen LogP contribution in [0.3, 0.4) is 0 Å². The highest BCUT2D eigenvalue weighted by molar-refractivity contribution is 6.17. The molecule has 1 aromatic carbocycles. The van der Waals surface area contributed by atoms with E-state index in [0.29, 0.717) is 18.7 Å². The zero-order valence-electron chi connectivity index (χ0n) is 9.51. The van der Waals surface area contributed by atoms with Gasteiger partial charge in [0.25, 0.3) is 0 Å². The minimum atomic E-state index is -0.638. The smallest absolute Gasteiger partial charge is 0.149 e. The molecule has 2 nitrogen and oxygen atoms in total. The number of hydrogen-bond donors (Lipinski definition) is 0. The molecule has 0 saturated carbocycles. The van der Waals surface area contributed by atoms with Crippen LogP contribution >= 0.6 is 11.6 Å². The average molecular weight is 259 g/mol. The Bertz CT molecular complexity index is 406. The van der Waals surface area contributed by atoms with Crippen molar-refractivity contribution < 1.29 is 8.78 Å². The van der Waals surface area contributed by atoms with Crippen molar-refractivity contribution in [1.82, 2.24) is 0 Å². The van der Waals surface area contributed by atoms with Gasteiger partial charge in [-0.15, -0.1) is 11.6 Å². The van der Waals surface area contributed by atoms with Crippen molar-refractivity contribution in [3.8, 4) is 6.07 Å². The van der Waals surface area contributed by atoms with Gasteiger partial charge in [0.2, 0.25) is 0 Å². The van der Waals surface area contributed by atoms with Crippen LogP contribution in [0.4, 0.5) is 14.5 Å². The van der Waals surface area contributed by atoms with E-state index in [0.717, 1.165) is 0 Å². The maximum absolute atomic E-state index is 13.7. The van der Waals surface area contributed by atoms with Crippen LogP contribution < -0.4 is 4.90 Å². The SMILES string of the molecule is CCN(CCC#N)c1c(F)cc(CCl)cc1F. The lowest BCUT2D eigenvalue weighted by Crippen LogP contribution is -2.26. The van der Waals surface area contributed by atoms with E-state index in [1.165, 1.54) is 17.0 Å². The van der Waals surface area contributed by atoms with Gasteiger partial charge in [-0.1, -0.05) is 0 Å². The number of nitriles is 1. The standard InChI is InChI=1S/C12H13ClF2N2/c1-2-17(5-3-4-16)12-10(14)6-9(8-13)7-11(12)15/h6-7H,2-3,5,8H2,1H3. The monoisotopic (exact) mass is 258 g/mol. The quantitative estimate of drug-likeness (QED) is 0.757. The first-order valence-corrected chi connectivity index (χ1v) is 5.83. The Morgan fingerprint density at radius 3 is 2.35 bits per heavy atom. The van der Waals surface area contributed by atoms with Gasteiger partial charge in [0.15, 0.2) is 0 Å². The first-order valence-electron chi connectivity index (χ1n) is 5.29. The van der Waals surface area contributed by atoms with Crippen LogP contribution in [-0.2, 0) is 5.88 Å². The zero-order valence-corrected chi connectivity index (χ0v) is 10.3. The molecular formula is C12H13ClF2N2. The third-order valence-electron chi connectivity index (χ3n) is 2.42. The fourth-order valence-electron chi connectivity index (χ4n) is 1.61. The molecular weight excluding hydrogens is 246 g/mol. The number of anilines is 1. The van der Waals surface area contributed by atoms with Crippen molar-refractivity contribution >= 4 is 17.3 Å². The van der Waals surface area contributed by atoms with E-state index >= 15 is 0 Å². The van der Waals surface area contributed by atoms with Crippen molar-refractivity contribution in [2.45, 2.75) is 19.2 Å². The van der Waals surface area contributed by atoms with Crippen LogP contribution in [-0.4, -0.2) is 13.1 Å². The van der Waals surface area contributed by atoms with Gasteiger partial charge in [0, 0.05) is 19.0 Å². The summed E-state index contributed by atoms with van der Waals surface area (Å²) in [4.78, 5) is 1.51. The minimum absolute atomic E-state index is 0.0679. The normalized spacial score (nSPS) is 10.1. The Labute approximate surface area is 104 Å². The van der Waals surface area contributed by atoms with E-state index in [9.17, 15) is 8.78 Å². The third-order valence-corrected chi connectivity index (χ3v) is 2.73. The van der Waals surface area contributed by atoms with E-state index in [-0.39, 0.29) is 18.0 Å². The minimum Gasteiger partial charge on any atom is -0.366 e. The predicted octanol–water partition coefficient (Wildman–Crippen LogP) is 3.44. The number of hydrogen-bond acceptors (Lipinski definition) is 2. The molecule has 0 heterocycles. The molecule has 0 radical (unpaired) electrons. The summed E-state index contributed by atoms with van der Waals surface area (Å²) in [6.07, 6.45) is 0.226. The topological polar surface area (TPSA) is 27.0 Å². The molecule has 0 unspecified atom stereocenters. The molecule has 0 bridgehead atoms. The lowest BCUT2D eigenvalue weighted by molar-refractivity contribution is 0.570. The summed E-state index contributed by atoms with van der Waals surface area (Å²) in [7, 11) is 0. The lowest BCUT2D eigenvalue weighted by atomic mass is 10.2. The van der Waals surface area contributed by atoms with Crippen LogP contribution in [0.5, 0.6) is 0 Å². The third kappa shape index (κ3) is 3.31. The molecule has 5 heteroatoms. The van der Waals surface area contributed by atoms with Gasteiger partial charge in [-0.3, -0.25) is 0 Å². The van der Waals surface area contributed by atoms with E-state index in [1.54, 1.807) is 6.92 Å². The number of nitrogens with zero attached hydrogens (tertiary/aromatic N) is 2. The van der Waals surface area contributed by atoms with Crippen LogP contribution in [0, 0.1) is 23.0 Å². The number of rotatable bonds is 5. The molecule has 1 rings (SSSR count). The largest absolute Gasteiger partial charge is 0.366 e. The molecule has 17 heavy (non-hydrogen) atoms. The molecule has 0 saturated heterocycles. The molecule has 0 aromatic heterocycles. The first kappa shape index (κ1) is 13.7. The maximum Gasteiger partial charge on any atom is 0.149 e. The first-order chi connectivity index (χ1) is 8.13. The highest BCUT2D eigenvalue weighted by Crippen LogP contribution is 2.25. The molecule has 0 atom stereocenters. The van der Waals surface area contributed by atoms with Crippen LogP contribution in [0.15, 0.2) is 12.1 Å². The fraction of sp³-hybridized carbons (Fsp3) is 0.417. The second-order valence-electron chi connectivity index (χ2n) is 3.53. The fourth-order valence-corrected chi connectivity index (χ4v) is 1.76. The highest BCUT2D eigenvalue weighted by Gasteiger charge is 2.16. The number of alkyl halides is 1. The summed E-state index contributed by atoms with van der Waals surface area (Å²) < 4.78 is 27.5. The van der Waals surface area contributed by atoms with Crippen molar-refractivity contribution in [3.05, 3.63) is 29.3 Å². The Hall–Kier alpha value is -1.34. The molecule has 0 N–H and O–H groups in total. The second kappa shape index (κ2) is 6.41. The van der Waals surface area contributed by atoms with Gasteiger partial charge in [-0.2, -0.15) is 5.26 Å². The van der Waals surface area contributed by atoms with E-state index < -0.39 is 11.6 Å². The highest BCUT2D eigenvalue weighted by atomic mass is 35.5. The number of benzene rings is 1. The van der Waals surface area contributed by atoms with Crippen LogP contribution in [0.25, 0.3) is 0 Å². The molecule has 0 aliphatic carbocycles. The summed E-state index contributed by atoms with van der Waals surface area (Å²) >= 11 is 5.53.